The summed E-state index contributed by atoms with van der Waals surface area (Å²) in [6.07, 6.45) is 3.18. The van der Waals surface area contributed by atoms with Gasteiger partial charge in [0.25, 0.3) is 0 Å². The number of thiazole rings is 1. The maximum absolute atomic E-state index is 5.23. The van der Waals surface area contributed by atoms with Gasteiger partial charge in [0.2, 0.25) is 0 Å². The van der Waals surface area contributed by atoms with Crippen LogP contribution < -0.4 is 4.90 Å². The van der Waals surface area contributed by atoms with Crippen molar-refractivity contribution in [1.82, 2.24) is 9.38 Å². The molecular weight excluding hydrogens is 326 g/mol. The molecule has 0 aliphatic carbocycles. The van der Waals surface area contributed by atoms with Gasteiger partial charge in [-0.05, 0) is 13.3 Å². The lowest BCUT2D eigenvalue weighted by atomic mass is 10.2. The Bertz CT molecular complexity index is 525. The fraction of sp³-hybridized carbons (Fsp3) is 0.615. The second-order valence-electron chi connectivity index (χ2n) is 4.51. The quantitative estimate of drug-likeness (QED) is 0.719. The van der Waals surface area contributed by atoms with Gasteiger partial charge in [0.15, 0.2) is 10.8 Å². The van der Waals surface area contributed by atoms with E-state index in [1.807, 2.05) is 0 Å². The van der Waals surface area contributed by atoms with E-state index in [1.165, 1.54) is 5.69 Å². The van der Waals surface area contributed by atoms with E-state index in [2.05, 4.69) is 50.7 Å². The summed E-state index contributed by atoms with van der Waals surface area (Å²) in [5, 5.41) is 2.88. The number of anilines is 1. The van der Waals surface area contributed by atoms with E-state index in [9.17, 15) is 0 Å². The van der Waals surface area contributed by atoms with Crippen molar-refractivity contribution >= 4 is 38.0 Å². The van der Waals surface area contributed by atoms with Crippen LogP contribution in [0.1, 0.15) is 26.0 Å². The third-order valence-corrected chi connectivity index (χ3v) is 4.69. The van der Waals surface area contributed by atoms with Crippen molar-refractivity contribution in [3.63, 3.8) is 0 Å². The topological polar surface area (TPSA) is 29.8 Å². The first-order valence-electron chi connectivity index (χ1n) is 6.48. The second kappa shape index (κ2) is 6.72. The molecule has 0 aliphatic heterocycles. The highest BCUT2D eigenvalue weighted by Gasteiger charge is 2.21. The molecule has 19 heavy (non-hydrogen) atoms. The number of methoxy groups -OCH3 is 1. The van der Waals surface area contributed by atoms with Gasteiger partial charge in [0, 0.05) is 36.6 Å². The molecule has 0 N–H and O–H groups in total. The molecule has 2 rings (SSSR count). The maximum Gasteiger partial charge on any atom is 0.195 e. The Morgan fingerprint density at radius 2 is 2.37 bits per heavy atom. The number of imidazole rings is 1. The van der Waals surface area contributed by atoms with Gasteiger partial charge in [-0.15, -0.1) is 11.3 Å². The Morgan fingerprint density at radius 1 is 1.58 bits per heavy atom. The SMILES string of the molecule is CCC(C)N(CCOC)c1nc2sccn2c1CBr. The van der Waals surface area contributed by atoms with Crippen molar-refractivity contribution in [2.45, 2.75) is 31.6 Å². The molecule has 0 radical (unpaired) electrons. The number of rotatable bonds is 7. The number of hydrogen-bond donors (Lipinski definition) is 0. The standard InChI is InChI=1S/C13H20BrN3OS/c1-4-10(2)16(5-7-18-3)12-11(9-14)17-6-8-19-13(17)15-12/h6,8,10H,4-5,7,9H2,1-3H3. The molecule has 0 fully saturated rings. The number of hydrogen-bond acceptors (Lipinski definition) is 4. The Hall–Kier alpha value is -0.590. The number of aromatic nitrogens is 2. The zero-order valence-corrected chi connectivity index (χ0v) is 14.0. The van der Waals surface area contributed by atoms with Crippen molar-refractivity contribution in [2.75, 3.05) is 25.2 Å². The van der Waals surface area contributed by atoms with Gasteiger partial charge in [-0.1, -0.05) is 22.9 Å². The first-order valence-corrected chi connectivity index (χ1v) is 8.49. The first-order chi connectivity index (χ1) is 9.22. The first kappa shape index (κ1) is 14.8. The highest BCUT2D eigenvalue weighted by molar-refractivity contribution is 9.08. The highest BCUT2D eigenvalue weighted by atomic mass is 79.9. The molecule has 1 unspecified atom stereocenters. The molecule has 0 spiro atoms. The molecule has 2 aromatic heterocycles. The zero-order valence-electron chi connectivity index (χ0n) is 11.6. The molecule has 0 saturated heterocycles. The zero-order chi connectivity index (χ0) is 13.8. The minimum absolute atomic E-state index is 0.456. The third kappa shape index (κ3) is 2.95. The summed E-state index contributed by atoms with van der Waals surface area (Å²) in [5.74, 6) is 1.08. The van der Waals surface area contributed by atoms with Gasteiger partial charge >= 0.3 is 0 Å². The summed E-state index contributed by atoms with van der Waals surface area (Å²) in [5.41, 5.74) is 1.22. The molecule has 2 aromatic rings. The summed E-state index contributed by atoms with van der Waals surface area (Å²) in [7, 11) is 1.74. The molecule has 106 valence electrons. The molecule has 0 aromatic carbocycles. The molecule has 1 atom stereocenters. The number of ether oxygens (including phenoxy) is 1. The number of alkyl halides is 1. The van der Waals surface area contributed by atoms with Crippen molar-refractivity contribution < 1.29 is 4.74 Å². The van der Waals surface area contributed by atoms with Gasteiger partial charge in [0.1, 0.15) is 0 Å². The molecule has 6 heteroatoms. The van der Waals surface area contributed by atoms with Crippen molar-refractivity contribution in [2.24, 2.45) is 0 Å². The smallest absolute Gasteiger partial charge is 0.195 e. The van der Waals surface area contributed by atoms with Gasteiger partial charge < -0.3 is 9.64 Å². The van der Waals surface area contributed by atoms with E-state index >= 15 is 0 Å². The van der Waals surface area contributed by atoms with E-state index < -0.39 is 0 Å². The lowest BCUT2D eigenvalue weighted by molar-refractivity contribution is 0.203. The number of fused-ring (bicyclic) bond motifs is 1. The highest BCUT2D eigenvalue weighted by Crippen LogP contribution is 2.28. The molecular formula is C13H20BrN3OS. The average Bonchev–Trinajstić information content (AvgIpc) is 2.99. The molecule has 0 aliphatic rings. The van der Waals surface area contributed by atoms with E-state index in [1.54, 1.807) is 18.4 Å². The fourth-order valence-electron chi connectivity index (χ4n) is 2.12. The van der Waals surface area contributed by atoms with Crippen LogP contribution in [0.4, 0.5) is 5.82 Å². The van der Waals surface area contributed by atoms with Gasteiger partial charge in [-0.3, -0.25) is 4.40 Å². The molecule has 0 bridgehead atoms. The van der Waals surface area contributed by atoms with E-state index in [-0.39, 0.29) is 0 Å². The molecule has 0 amide bonds. The normalized spacial score (nSPS) is 13.1. The molecule has 0 saturated carbocycles. The van der Waals surface area contributed by atoms with E-state index in [0.29, 0.717) is 6.04 Å². The minimum atomic E-state index is 0.456. The Kier molecular flexibility index (Phi) is 5.24. The van der Waals surface area contributed by atoms with Crippen LogP contribution in [0.15, 0.2) is 11.6 Å². The Morgan fingerprint density at radius 3 is 3.00 bits per heavy atom. The Labute approximate surface area is 126 Å². The summed E-state index contributed by atoms with van der Waals surface area (Å²) < 4.78 is 7.40. The van der Waals surface area contributed by atoms with Gasteiger partial charge in [-0.25, -0.2) is 4.98 Å². The summed E-state index contributed by atoms with van der Waals surface area (Å²) in [6, 6.07) is 0.456. The lowest BCUT2D eigenvalue weighted by Crippen LogP contribution is -2.36. The van der Waals surface area contributed by atoms with Crippen LogP contribution in [0.3, 0.4) is 0 Å². The van der Waals surface area contributed by atoms with Crippen LogP contribution in [0, 0.1) is 0 Å². The van der Waals surface area contributed by atoms with Crippen LogP contribution in [0.5, 0.6) is 0 Å². The summed E-state index contributed by atoms with van der Waals surface area (Å²) in [6.45, 7) is 6.03. The fourth-order valence-corrected chi connectivity index (χ4v) is 3.37. The van der Waals surface area contributed by atoms with Gasteiger partial charge in [0.05, 0.1) is 12.3 Å². The maximum atomic E-state index is 5.23. The summed E-state index contributed by atoms with van der Waals surface area (Å²) in [4.78, 5) is 8.19. The van der Waals surface area contributed by atoms with Crippen molar-refractivity contribution in [3.8, 4) is 0 Å². The lowest BCUT2D eigenvalue weighted by Gasteiger charge is -2.29. The molecule has 2 heterocycles. The van der Waals surface area contributed by atoms with Crippen LogP contribution in [-0.2, 0) is 10.1 Å². The van der Waals surface area contributed by atoms with Crippen LogP contribution >= 0.6 is 27.3 Å². The van der Waals surface area contributed by atoms with Crippen molar-refractivity contribution in [1.29, 1.82) is 0 Å². The monoisotopic (exact) mass is 345 g/mol. The van der Waals surface area contributed by atoms with Crippen molar-refractivity contribution in [3.05, 3.63) is 17.3 Å². The second-order valence-corrected chi connectivity index (χ2v) is 5.95. The Balaban J connectivity index is 2.39. The number of nitrogens with zero attached hydrogens (tertiary/aromatic N) is 3. The predicted molar refractivity (Wildman–Crippen MR) is 84.7 cm³/mol. The average molecular weight is 346 g/mol. The van der Waals surface area contributed by atoms with E-state index in [0.717, 1.165) is 35.7 Å². The van der Waals surface area contributed by atoms with Crippen LogP contribution in [-0.4, -0.2) is 35.7 Å². The van der Waals surface area contributed by atoms with Gasteiger partial charge in [-0.2, -0.15) is 0 Å². The largest absolute Gasteiger partial charge is 0.383 e. The van der Waals surface area contributed by atoms with E-state index in [4.69, 9.17) is 9.72 Å². The van der Waals surface area contributed by atoms with Crippen LogP contribution in [0.2, 0.25) is 0 Å². The van der Waals surface area contributed by atoms with Crippen LogP contribution in [0.25, 0.3) is 4.96 Å². The third-order valence-electron chi connectivity index (χ3n) is 3.40. The summed E-state index contributed by atoms with van der Waals surface area (Å²) >= 11 is 5.26. The number of halogens is 1. The molecule has 4 nitrogen and oxygen atoms in total. The minimum Gasteiger partial charge on any atom is -0.383 e. The predicted octanol–water partition coefficient (Wildman–Crippen LogP) is 3.54.